The molecule has 1 aromatic heterocycles. The second kappa shape index (κ2) is 3.00. The molecule has 0 saturated heterocycles. The largest absolute Gasteiger partial charge is 0.618 e. The van der Waals surface area contributed by atoms with Crippen molar-refractivity contribution in [2.24, 2.45) is 0 Å². The maximum atomic E-state index is 11.4. The van der Waals surface area contributed by atoms with Gasteiger partial charge in [-0.15, -0.1) is 0 Å². The summed E-state index contributed by atoms with van der Waals surface area (Å²) in [5.41, 5.74) is 2.01. The lowest BCUT2D eigenvalue weighted by Crippen LogP contribution is -2.25. The quantitative estimate of drug-likeness (QED) is 0.461. The van der Waals surface area contributed by atoms with Gasteiger partial charge in [0.1, 0.15) is 6.07 Å². The average Bonchev–Trinajstić information content (AvgIpc) is 2.18. The summed E-state index contributed by atoms with van der Waals surface area (Å²) in [5, 5.41) is 21.0. The van der Waals surface area contributed by atoms with Crippen molar-refractivity contribution in [3.63, 3.8) is 0 Å². The maximum absolute atomic E-state index is 11.4. The van der Waals surface area contributed by atoms with E-state index in [9.17, 15) is 5.21 Å². The molecule has 0 bridgehead atoms. The molecule has 3 heteroatoms. The Labute approximate surface area is 81.4 Å². The number of nitrogens with zero attached hydrogens (tertiary/aromatic N) is 2. The zero-order valence-electron chi connectivity index (χ0n) is 7.69. The molecule has 0 aliphatic carbocycles. The Kier molecular flexibility index (Phi) is 1.83. The van der Waals surface area contributed by atoms with Crippen molar-refractivity contribution in [1.29, 1.82) is 5.26 Å². The number of fused-ring (bicyclic) bond motifs is 1. The van der Waals surface area contributed by atoms with E-state index < -0.39 is 0 Å². The van der Waals surface area contributed by atoms with Crippen LogP contribution in [0.2, 0.25) is 0 Å². The highest BCUT2D eigenvalue weighted by atomic mass is 16.5. The van der Waals surface area contributed by atoms with Crippen LogP contribution in [0.3, 0.4) is 0 Å². The number of aryl methyl sites for hydroxylation is 1. The van der Waals surface area contributed by atoms with Crippen LogP contribution in [0.1, 0.15) is 11.1 Å². The van der Waals surface area contributed by atoms with Gasteiger partial charge in [-0.1, -0.05) is 6.07 Å². The second-order valence-corrected chi connectivity index (χ2v) is 3.14. The van der Waals surface area contributed by atoms with Gasteiger partial charge in [-0.3, -0.25) is 0 Å². The first-order chi connectivity index (χ1) is 6.74. The van der Waals surface area contributed by atoms with Crippen LogP contribution < -0.4 is 4.73 Å². The molecular formula is C11H8N2O. The van der Waals surface area contributed by atoms with Gasteiger partial charge in [-0.2, -0.15) is 9.99 Å². The molecule has 2 rings (SSSR count). The summed E-state index contributed by atoms with van der Waals surface area (Å²) < 4.78 is 0.773. The van der Waals surface area contributed by atoms with Gasteiger partial charge >= 0.3 is 0 Å². The molecule has 0 aliphatic heterocycles. The van der Waals surface area contributed by atoms with Gasteiger partial charge in [-0.05, 0) is 18.6 Å². The third kappa shape index (κ3) is 1.09. The molecular weight excluding hydrogens is 176 g/mol. The fourth-order valence-corrected chi connectivity index (χ4v) is 1.52. The first kappa shape index (κ1) is 8.52. The Balaban J connectivity index is 2.97. The average molecular weight is 184 g/mol. The van der Waals surface area contributed by atoms with E-state index in [1.54, 1.807) is 24.3 Å². The summed E-state index contributed by atoms with van der Waals surface area (Å²) in [6, 6.07) is 9.07. The van der Waals surface area contributed by atoms with Crippen LogP contribution in [0.4, 0.5) is 0 Å². The number of pyridine rings is 1. The Morgan fingerprint density at radius 2 is 2.14 bits per heavy atom. The molecule has 1 heterocycles. The van der Waals surface area contributed by atoms with Gasteiger partial charge in [0.2, 0.25) is 5.52 Å². The van der Waals surface area contributed by atoms with Crippen molar-refractivity contribution >= 4 is 10.9 Å². The predicted molar refractivity (Wildman–Crippen MR) is 52.4 cm³/mol. The minimum Gasteiger partial charge on any atom is -0.618 e. The van der Waals surface area contributed by atoms with Gasteiger partial charge in [0, 0.05) is 12.1 Å². The first-order valence-corrected chi connectivity index (χ1v) is 4.25. The van der Waals surface area contributed by atoms with Crippen LogP contribution in [0.25, 0.3) is 10.9 Å². The molecule has 14 heavy (non-hydrogen) atoms. The fraction of sp³-hybridized carbons (Fsp3) is 0.0909. The number of aromatic nitrogens is 1. The van der Waals surface area contributed by atoms with Gasteiger partial charge in [0.15, 0.2) is 6.20 Å². The van der Waals surface area contributed by atoms with Gasteiger partial charge < -0.3 is 5.21 Å². The van der Waals surface area contributed by atoms with Crippen LogP contribution in [-0.4, -0.2) is 0 Å². The Hall–Kier alpha value is -2.08. The Bertz CT molecular complexity index is 541. The van der Waals surface area contributed by atoms with Crippen LogP contribution in [0.5, 0.6) is 0 Å². The standard InChI is InChI=1S/C11H8N2O/c1-8-4-5-11-9(10(8)7-12)3-2-6-13(11)14/h2-6H,1H3. The monoisotopic (exact) mass is 184 g/mol. The summed E-state index contributed by atoms with van der Waals surface area (Å²) in [4.78, 5) is 0. The van der Waals surface area contributed by atoms with Gasteiger partial charge in [0.05, 0.1) is 10.9 Å². The van der Waals surface area contributed by atoms with E-state index in [-0.39, 0.29) is 0 Å². The van der Waals surface area contributed by atoms with Crippen molar-refractivity contribution < 1.29 is 4.73 Å². The number of benzene rings is 1. The van der Waals surface area contributed by atoms with Crippen LogP contribution >= 0.6 is 0 Å². The Morgan fingerprint density at radius 1 is 1.36 bits per heavy atom. The number of hydrogen-bond donors (Lipinski definition) is 0. The summed E-state index contributed by atoms with van der Waals surface area (Å²) in [6.45, 7) is 1.86. The SMILES string of the molecule is Cc1ccc2c(ccc[n+]2[O-])c1C#N. The molecule has 0 spiro atoms. The molecule has 1 aromatic carbocycles. The molecule has 0 fully saturated rings. The molecule has 0 aliphatic rings. The van der Waals surface area contributed by atoms with E-state index in [0.29, 0.717) is 16.5 Å². The third-order valence-electron chi connectivity index (χ3n) is 2.26. The first-order valence-electron chi connectivity index (χ1n) is 4.25. The van der Waals surface area contributed by atoms with E-state index in [1.165, 1.54) is 6.20 Å². The molecule has 3 nitrogen and oxygen atoms in total. The lowest BCUT2D eigenvalue weighted by molar-refractivity contribution is -0.577. The minimum absolute atomic E-state index is 0.537. The number of rotatable bonds is 0. The van der Waals surface area contributed by atoms with Crippen molar-refractivity contribution in [2.75, 3.05) is 0 Å². The highest BCUT2D eigenvalue weighted by Crippen LogP contribution is 2.18. The molecule has 2 aromatic rings. The highest BCUT2D eigenvalue weighted by molar-refractivity contribution is 5.83. The molecule has 0 N–H and O–H groups in total. The summed E-state index contributed by atoms with van der Waals surface area (Å²) in [5.74, 6) is 0. The van der Waals surface area contributed by atoms with Gasteiger partial charge in [0.25, 0.3) is 0 Å². The zero-order valence-corrected chi connectivity index (χ0v) is 7.69. The number of hydrogen-bond acceptors (Lipinski definition) is 2. The van der Waals surface area contributed by atoms with Crippen molar-refractivity contribution in [1.82, 2.24) is 0 Å². The van der Waals surface area contributed by atoms with E-state index in [4.69, 9.17) is 5.26 Å². The second-order valence-electron chi connectivity index (χ2n) is 3.14. The van der Waals surface area contributed by atoms with Crippen molar-refractivity contribution in [3.8, 4) is 6.07 Å². The fourth-order valence-electron chi connectivity index (χ4n) is 1.52. The molecule has 68 valence electrons. The van der Waals surface area contributed by atoms with E-state index in [0.717, 1.165) is 10.3 Å². The summed E-state index contributed by atoms with van der Waals surface area (Å²) >= 11 is 0. The van der Waals surface area contributed by atoms with Crippen LogP contribution in [0.15, 0.2) is 30.5 Å². The third-order valence-corrected chi connectivity index (χ3v) is 2.26. The Morgan fingerprint density at radius 3 is 2.86 bits per heavy atom. The molecule has 0 unspecified atom stereocenters. The molecule has 0 saturated carbocycles. The highest BCUT2D eigenvalue weighted by Gasteiger charge is 2.08. The smallest absolute Gasteiger partial charge is 0.225 e. The normalized spacial score (nSPS) is 10.0. The minimum atomic E-state index is 0.537. The molecule has 0 radical (unpaired) electrons. The van der Waals surface area contributed by atoms with E-state index in [2.05, 4.69) is 6.07 Å². The molecule has 0 atom stereocenters. The van der Waals surface area contributed by atoms with Crippen LogP contribution in [0, 0.1) is 23.5 Å². The van der Waals surface area contributed by atoms with Crippen molar-refractivity contribution in [2.45, 2.75) is 6.92 Å². The van der Waals surface area contributed by atoms with Crippen LogP contribution in [-0.2, 0) is 0 Å². The zero-order chi connectivity index (χ0) is 10.1. The predicted octanol–water partition coefficient (Wildman–Crippen LogP) is 1.65. The lowest BCUT2D eigenvalue weighted by atomic mass is 10.0. The topological polar surface area (TPSA) is 50.7 Å². The summed E-state index contributed by atoms with van der Waals surface area (Å²) in [7, 11) is 0. The lowest BCUT2D eigenvalue weighted by Gasteiger charge is -2.03. The van der Waals surface area contributed by atoms with Crippen molar-refractivity contribution in [3.05, 3.63) is 46.8 Å². The van der Waals surface area contributed by atoms with Gasteiger partial charge in [-0.25, -0.2) is 0 Å². The van der Waals surface area contributed by atoms with E-state index in [1.807, 2.05) is 6.92 Å². The molecule has 0 amide bonds. The van der Waals surface area contributed by atoms with E-state index >= 15 is 0 Å². The number of nitriles is 1. The summed E-state index contributed by atoms with van der Waals surface area (Å²) in [6.07, 6.45) is 1.43. The maximum Gasteiger partial charge on any atom is 0.225 e.